The average Bonchev–Trinajstić information content (AvgIpc) is 3.33. The summed E-state index contributed by atoms with van der Waals surface area (Å²) >= 11 is 1.70. The molecule has 164 valence electrons. The molecule has 9 heteroatoms. The third-order valence-electron chi connectivity index (χ3n) is 5.69. The fourth-order valence-corrected chi connectivity index (χ4v) is 4.65. The van der Waals surface area contributed by atoms with E-state index in [2.05, 4.69) is 59.9 Å². The average molecular weight is 542 g/mol. The Balaban J connectivity index is 0.00000256. The second-order valence-corrected chi connectivity index (χ2v) is 8.42. The van der Waals surface area contributed by atoms with Crippen LogP contribution < -0.4 is 15.5 Å². The first-order chi connectivity index (χ1) is 14.3. The van der Waals surface area contributed by atoms with Crippen LogP contribution in [0.2, 0.25) is 0 Å². The monoisotopic (exact) mass is 541 g/mol. The van der Waals surface area contributed by atoms with Crippen molar-refractivity contribution in [3.05, 3.63) is 41.9 Å². The van der Waals surface area contributed by atoms with Crippen LogP contribution in [0.1, 0.15) is 6.42 Å². The van der Waals surface area contributed by atoms with Crippen LogP contribution in [0, 0.1) is 0 Å². The summed E-state index contributed by atoms with van der Waals surface area (Å²) in [7, 11) is 0. The highest BCUT2D eigenvalue weighted by Gasteiger charge is 2.20. The number of rotatable bonds is 6. The van der Waals surface area contributed by atoms with Crippen LogP contribution in [0.15, 0.2) is 46.9 Å². The molecule has 0 unspecified atom stereocenters. The third kappa shape index (κ3) is 6.21. The van der Waals surface area contributed by atoms with Crippen molar-refractivity contribution in [2.45, 2.75) is 6.42 Å². The Morgan fingerprint density at radius 1 is 0.967 bits per heavy atom. The van der Waals surface area contributed by atoms with Gasteiger partial charge in [-0.3, -0.25) is 9.89 Å². The molecule has 0 amide bonds. The SMILES string of the molecule is I.NC(=NCCCN1CCN(c2ccccc2)CC1)N1CCN(c2nccs2)CC1. The third-order valence-corrected chi connectivity index (χ3v) is 6.53. The Hall–Kier alpha value is -1.59. The maximum absolute atomic E-state index is 6.24. The molecule has 7 nitrogen and oxygen atoms in total. The first-order valence-electron chi connectivity index (χ1n) is 10.5. The van der Waals surface area contributed by atoms with Gasteiger partial charge < -0.3 is 20.4 Å². The van der Waals surface area contributed by atoms with Gasteiger partial charge in [-0.25, -0.2) is 4.98 Å². The molecule has 0 bridgehead atoms. The summed E-state index contributed by atoms with van der Waals surface area (Å²) in [6.45, 7) is 10.1. The highest BCUT2D eigenvalue weighted by Crippen LogP contribution is 2.19. The van der Waals surface area contributed by atoms with E-state index in [0.717, 1.165) is 77.0 Å². The number of benzene rings is 1. The fraction of sp³-hybridized carbons (Fsp3) is 0.524. The number of hydrogen-bond acceptors (Lipinski definition) is 6. The number of guanidine groups is 1. The molecule has 2 fully saturated rings. The lowest BCUT2D eigenvalue weighted by atomic mass is 10.2. The van der Waals surface area contributed by atoms with E-state index in [9.17, 15) is 0 Å². The molecule has 30 heavy (non-hydrogen) atoms. The Morgan fingerprint density at radius 3 is 2.33 bits per heavy atom. The smallest absolute Gasteiger partial charge is 0.191 e. The van der Waals surface area contributed by atoms with Gasteiger partial charge in [-0.05, 0) is 18.6 Å². The van der Waals surface area contributed by atoms with E-state index in [4.69, 9.17) is 5.73 Å². The van der Waals surface area contributed by atoms with Crippen LogP contribution in [-0.4, -0.2) is 86.2 Å². The van der Waals surface area contributed by atoms with Crippen molar-refractivity contribution in [3.63, 3.8) is 0 Å². The van der Waals surface area contributed by atoms with Gasteiger partial charge in [0, 0.05) is 82.7 Å². The maximum Gasteiger partial charge on any atom is 0.191 e. The van der Waals surface area contributed by atoms with E-state index in [1.807, 2.05) is 11.6 Å². The Morgan fingerprint density at radius 2 is 1.67 bits per heavy atom. The van der Waals surface area contributed by atoms with Crippen LogP contribution in [0.3, 0.4) is 0 Å². The predicted octanol–water partition coefficient (Wildman–Crippen LogP) is 2.41. The number of aliphatic imine (C=N–C) groups is 1. The second-order valence-electron chi connectivity index (χ2n) is 7.55. The number of aromatic nitrogens is 1. The lowest BCUT2D eigenvalue weighted by molar-refractivity contribution is 0.256. The molecule has 2 aromatic rings. The molecule has 4 rings (SSSR count). The number of para-hydroxylation sites is 1. The molecule has 2 aliphatic rings. The number of nitrogens with two attached hydrogens (primary N) is 1. The molecule has 2 aliphatic heterocycles. The Labute approximate surface area is 200 Å². The van der Waals surface area contributed by atoms with Crippen LogP contribution in [0.25, 0.3) is 0 Å². The molecular weight excluding hydrogens is 509 g/mol. The summed E-state index contributed by atoms with van der Waals surface area (Å²) in [5.41, 5.74) is 7.57. The fourth-order valence-electron chi connectivity index (χ4n) is 3.96. The summed E-state index contributed by atoms with van der Waals surface area (Å²) in [5, 5.41) is 3.13. The molecular formula is C21H32IN7S. The van der Waals surface area contributed by atoms with Crippen molar-refractivity contribution < 1.29 is 0 Å². The minimum absolute atomic E-state index is 0. The highest BCUT2D eigenvalue weighted by atomic mass is 127. The summed E-state index contributed by atoms with van der Waals surface area (Å²) in [6, 6.07) is 10.7. The largest absolute Gasteiger partial charge is 0.370 e. The van der Waals surface area contributed by atoms with Gasteiger partial charge in [0.05, 0.1) is 0 Å². The summed E-state index contributed by atoms with van der Waals surface area (Å²) < 4.78 is 0. The molecule has 0 radical (unpaired) electrons. The summed E-state index contributed by atoms with van der Waals surface area (Å²) in [6.07, 6.45) is 2.93. The molecule has 0 aliphatic carbocycles. The van der Waals surface area contributed by atoms with Crippen molar-refractivity contribution in [2.24, 2.45) is 10.7 Å². The van der Waals surface area contributed by atoms with Crippen molar-refractivity contribution in [3.8, 4) is 0 Å². The number of nitrogens with zero attached hydrogens (tertiary/aromatic N) is 6. The zero-order chi connectivity index (χ0) is 19.9. The molecule has 1 aromatic carbocycles. The quantitative estimate of drug-likeness (QED) is 0.263. The summed E-state index contributed by atoms with van der Waals surface area (Å²) in [4.78, 5) is 18.6. The standard InChI is InChI=1S/C21H31N7S.HI/c22-20(27-14-16-28(17-15-27)21-24-8-18-29-21)23-7-4-9-25-10-12-26(13-11-25)19-5-2-1-3-6-19;/h1-3,5-6,8,18H,4,7,9-17H2,(H2,22,23);1H. The minimum atomic E-state index is 0. The number of thiazole rings is 1. The lowest BCUT2D eigenvalue weighted by Gasteiger charge is -2.36. The van der Waals surface area contributed by atoms with Gasteiger partial charge in [-0.15, -0.1) is 35.3 Å². The van der Waals surface area contributed by atoms with E-state index < -0.39 is 0 Å². The van der Waals surface area contributed by atoms with E-state index >= 15 is 0 Å². The number of anilines is 2. The van der Waals surface area contributed by atoms with Gasteiger partial charge in [0.2, 0.25) is 0 Å². The van der Waals surface area contributed by atoms with Crippen LogP contribution >= 0.6 is 35.3 Å². The molecule has 3 heterocycles. The van der Waals surface area contributed by atoms with Crippen molar-refractivity contribution >= 4 is 52.1 Å². The molecule has 1 aromatic heterocycles. The molecule has 0 saturated carbocycles. The molecule has 2 N–H and O–H groups in total. The van der Waals surface area contributed by atoms with E-state index in [1.165, 1.54) is 5.69 Å². The van der Waals surface area contributed by atoms with Gasteiger partial charge in [0.1, 0.15) is 0 Å². The predicted molar refractivity (Wildman–Crippen MR) is 138 cm³/mol. The van der Waals surface area contributed by atoms with Crippen LogP contribution in [0.4, 0.5) is 10.8 Å². The number of piperazine rings is 2. The van der Waals surface area contributed by atoms with Gasteiger partial charge >= 0.3 is 0 Å². The zero-order valence-electron chi connectivity index (χ0n) is 17.4. The Kier molecular flexibility index (Phi) is 9.01. The Bertz CT molecular complexity index is 755. The first kappa shape index (κ1) is 23.1. The highest BCUT2D eigenvalue weighted by molar-refractivity contribution is 14.0. The lowest BCUT2D eigenvalue weighted by Crippen LogP contribution is -2.51. The van der Waals surface area contributed by atoms with Crippen molar-refractivity contribution in [1.29, 1.82) is 0 Å². The van der Waals surface area contributed by atoms with Crippen molar-refractivity contribution in [2.75, 3.05) is 75.2 Å². The topological polar surface area (TPSA) is 64.2 Å². The van der Waals surface area contributed by atoms with Gasteiger partial charge in [-0.1, -0.05) is 18.2 Å². The van der Waals surface area contributed by atoms with E-state index in [1.54, 1.807) is 11.3 Å². The van der Waals surface area contributed by atoms with E-state index in [0.29, 0.717) is 5.96 Å². The first-order valence-corrected chi connectivity index (χ1v) is 11.4. The van der Waals surface area contributed by atoms with Crippen LogP contribution in [0.5, 0.6) is 0 Å². The molecule has 2 saturated heterocycles. The maximum atomic E-state index is 6.24. The molecule has 0 spiro atoms. The molecule has 0 atom stereocenters. The second kappa shape index (κ2) is 11.7. The zero-order valence-corrected chi connectivity index (χ0v) is 20.5. The number of halogens is 1. The van der Waals surface area contributed by atoms with Gasteiger partial charge in [-0.2, -0.15) is 0 Å². The van der Waals surface area contributed by atoms with Crippen LogP contribution in [-0.2, 0) is 0 Å². The van der Waals surface area contributed by atoms with Gasteiger partial charge in [0.15, 0.2) is 11.1 Å². The summed E-state index contributed by atoms with van der Waals surface area (Å²) in [5.74, 6) is 0.692. The van der Waals surface area contributed by atoms with Crippen molar-refractivity contribution in [1.82, 2.24) is 14.8 Å². The normalized spacial score (nSPS) is 18.4. The van der Waals surface area contributed by atoms with E-state index in [-0.39, 0.29) is 24.0 Å². The number of hydrogen-bond donors (Lipinski definition) is 1. The van der Waals surface area contributed by atoms with Gasteiger partial charge in [0.25, 0.3) is 0 Å². The minimum Gasteiger partial charge on any atom is -0.370 e.